The summed E-state index contributed by atoms with van der Waals surface area (Å²) in [6.45, 7) is 3.81. The van der Waals surface area contributed by atoms with Crippen LogP contribution < -0.4 is 11.3 Å². The Labute approximate surface area is 115 Å². The summed E-state index contributed by atoms with van der Waals surface area (Å²) < 4.78 is 0. The van der Waals surface area contributed by atoms with E-state index in [2.05, 4.69) is 15.4 Å². The molecule has 2 aromatic rings. The number of nitrogens with one attached hydrogen (secondary N) is 1. The van der Waals surface area contributed by atoms with Gasteiger partial charge < -0.3 is 5.43 Å². The fourth-order valence-electron chi connectivity index (χ4n) is 1.53. The van der Waals surface area contributed by atoms with E-state index >= 15 is 0 Å². The van der Waals surface area contributed by atoms with Gasteiger partial charge in [0.2, 0.25) is 0 Å². The molecule has 0 bridgehead atoms. The van der Waals surface area contributed by atoms with E-state index in [1.165, 1.54) is 0 Å². The number of aromatic nitrogens is 2. The van der Waals surface area contributed by atoms with Gasteiger partial charge in [0.25, 0.3) is 0 Å². The van der Waals surface area contributed by atoms with Crippen LogP contribution in [0.25, 0.3) is 11.4 Å². The van der Waals surface area contributed by atoms with E-state index in [0.29, 0.717) is 21.7 Å². The van der Waals surface area contributed by atoms with Crippen molar-refractivity contribution >= 4 is 29.0 Å². The fraction of sp³-hybridized carbons (Fsp3) is 0.167. The summed E-state index contributed by atoms with van der Waals surface area (Å²) in [5.41, 5.74) is 5.14. The number of nitrogen functional groups attached to an aromatic ring is 1. The van der Waals surface area contributed by atoms with Crippen LogP contribution in [0.1, 0.15) is 11.3 Å². The maximum Gasteiger partial charge on any atom is 0.161 e. The summed E-state index contributed by atoms with van der Waals surface area (Å²) in [5.74, 6) is 6.59. The minimum atomic E-state index is 0.471. The maximum atomic E-state index is 5.98. The number of hydrogen-bond acceptors (Lipinski definition) is 4. The molecule has 1 heterocycles. The molecule has 0 aliphatic heterocycles. The van der Waals surface area contributed by atoms with Gasteiger partial charge in [-0.2, -0.15) is 0 Å². The third-order valence-corrected chi connectivity index (χ3v) is 3.44. The number of anilines is 1. The Balaban J connectivity index is 2.57. The predicted molar refractivity (Wildman–Crippen MR) is 74.8 cm³/mol. The molecule has 0 fully saturated rings. The molecule has 0 aliphatic carbocycles. The van der Waals surface area contributed by atoms with Gasteiger partial charge in [-0.25, -0.2) is 15.8 Å². The molecule has 18 heavy (non-hydrogen) atoms. The Hall–Kier alpha value is -1.36. The Morgan fingerprint density at radius 3 is 2.44 bits per heavy atom. The average Bonchev–Trinajstić information content (AvgIpc) is 2.36. The molecule has 2 rings (SSSR count). The number of nitrogens with two attached hydrogens (primary N) is 1. The first-order valence-electron chi connectivity index (χ1n) is 5.30. The van der Waals surface area contributed by atoms with Gasteiger partial charge >= 0.3 is 0 Å². The summed E-state index contributed by atoms with van der Waals surface area (Å²) in [4.78, 5) is 8.76. The summed E-state index contributed by atoms with van der Waals surface area (Å²) in [5, 5.41) is 0.972. The quantitative estimate of drug-likeness (QED) is 0.655. The molecule has 0 unspecified atom stereocenters. The highest BCUT2D eigenvalue weighted by molar-refractivity contribution is 6.42. The van der Waals surface area contributed by atoms with Crippen LogP contribution in [-0.2, 0) is 0 Å². The minimum Gasteiger partial charge on any atom is -0.308 e. The summed E-state index contributed by atoms with van der Waals surface area (Å²) >= 11 is 11.9. The van der Waals surface area contributed by atoms with Crippen molar-refractivity contribution in [2.45, 2.75) is 13.8 Å². The molecule has 0 aliphatic rings. The maximum absolute atomic E-state index is 5.98. The molecular weight excluding hydrogens is 271 g/mol. The summed E-state index contributed by atoms with van der Waals surface area (Å²) in [6.07, 6.45) is 0. The Kier molecular flexibility index (Phi) is 3.71. The second kappa shape index (κ2) is 5.10. The topological polar surface area (TPSA) is 63.8 Å². The fourth-order valence-corrected chi connectivity index (χ4v) is 1.83. The van der Waals surface area contributed by atoms with Crippen molar-refractivity contribution in [1.82, 2.24) is 9.97 Å². The van der Waals surface area contributed by atoms with Gasteiger partial charge in [-0.1, -0.05) is 23.2 Å². The molecule has 4 nitrogen and oxygen atoms in total. The van der Waals surface area contributed by atoms with Crippen LogP contribution in [0, 0.1) is 13.8 Å². The monoisotopic (exact) mass is 282 g/mol. The molecule has 3 N–H and O–H groups in total. The van der Waals surface area contributed by atoms with Crippen LogP contribution in [0.15, 0.2) is 18.2 Å². The first kappa shape index (κ1) is 13.1. The molecule has 0 saturated carbocycles. The lowest BCUT2D eigenvalue weighted by molar-refractivity contribution is 1.06. The lowest BCUT2D eigenvalue weighted by Crippen LogP contribution is -2.12. The molecular formula is C12H12Cl2N4. The summed E-state index contributed by atoms with van der Waals surface area (Å²) in [6, 6.07) is 5.26. The van der Waals surface area contributed by atoms with E-state index < -0.39 is 0 Å². The van der Waals surface area contributed by atoms with E-state index in [1.54, 1.807) is 12.1 Å². The second-order valence-electron chi connectivity index (χ2n) is 3.88. The molecule has 1 aromatic carbocycles. The zero-order valence-electron chi connectivity index (χ0n) is 9.96. The first-order valence-corrected chi connectivity index (χ1v) is 6.06. The number of halogens is 2. The van der Waals surface area contributed by atoms with E-state index in [-0.39, 0.29) is 0 Å². The smallest absolute Gasteiger partial charge is 0.161 e. The molecule has 0 atom stereocenters. The Bertz CT molecular complexity index is 599. The van der Waals surface area contributed by atoms with Gasteiger partial charge in [0.15, 0.2) is 5.82 Å². The van der Waals surface area contributed by atoms with Gasteiger partial charge in [0.1, 0.15) is 5.82 Å². The van der Waals surface area contributed by atoms with Gasteiger partial charge in [0.05, 0.1) is 10.0 Å². The lowest BCUT2D eigenvalue weighted by Gasteiger charge is -2.09. The normalized spacial score (nSPS) is 10.5. The second-order valence-corrected chi connectivity index (χ2v) is 4.69. The van der Waals surface area contributed by atoms with Crippen molar-refractivity contribution < 1.29 is 0 Å². The third kappa shape index (κ3) is 2.41. The lowest BCUT2D eigenvalue weighted by atomic mass is 10.2. The number of rotatable bonds is 2. The molecule has 0 saturated heterocycles. The van der Waals surface area contributed by atoms with Gasteiger partial charge in [-0.3, -0.25) is 0 Å². The third-order valence-electron chi connectivity index (χ3n) is 2.70. The zero-order chi connectivity index (χ0) is 13.3. The molecule has 0 spiro atoms. The highest BCUT2D eigenvalue weighted by Gasteiger charge is 2.10. The van der Waals surface area contributed by atoms with E-state index in [0.717, 1.165) is 16.8 Å². The molecule has 1 aromatic heterocycles. The van der Waals surface area contributed by atoms with E-state index in [9.17, 15) is 0 Å². The van der Waals surface area contributed by atoms with Crippen molar-refractivity contribution in [3.8, 4) is 11.4 Å². The average molecular weight is 283 g/mol. The number of hydrogen-bond donors (Lipinski definition) is 2. The Morgan fingerprint density at radius 2 is 1.83 bits per heavy atom. The van der Waals surface area contributed by atoms with Crippen molar-refractivity contribution in [1.29, 1.82) is 0 Å². The molecule has 0 amide bonds. The van der Waals surface area contributed by atoms with Gasteiger partial charge in [-0.15, -0.1) is 0 Å². The van der Waals surface area contributed by atoms with Gasteiger partial charge in [-0.05, 0) is 32.0 Å². The molecule has 94 valence electrons. The number of nitrogens with zero attached hydrogens (tertiary/aromatic N) is 2. The van der Waals surface area contributed by atoms with Crippen LogP contribution in [0.5, 0.6) is 0 Å². The van der Waals surface area contributed by atoms with Gasteiger partial charge in [0, 0.05) is 16.8 Å². The first-order chi connectivity index (χ1) is 8.52. The molecule has 0 radical (unpaired) electrons. The largest absolute Gasteiger partial charge is 0.308 e. The van der Waals surface area contributed by atoms with Crippen molar-refractivity contribution in [2.24, 2.45) is 5.84 Å². The summed E-state index contributed by atoms with van der Waals surface area (Å²) in [7, 11) is 0. The highest BCUT2D eigenvalue weighted by atomic mass is 35.5. The minimum absolute atomic E-state index is 0.471. The van der Waals surface area contributed by atoms with E-state index in [4.69, 9.17) is 29.0 Å². The Morgan fingerprint density at radius 1 is 1.11 bits per heavy atom. The number of hydrazine groups is 1. The number of aryl methyl sites for hydroxylation is 1. The zero-order valence-corrected chi connectivity index (χ0v) is 11.5. The van der Waals surface area contributed by atoms with E-state index in [1.807, 2.05) is 19.9 Å². The van der Waals surface area contributed by atoms with Crippen molar-refractivity contribution in [3.63, 3.8) is 0 Å². The standard InChI is InChI=1S/C12H12Cl2N4/c1-6-7(2)16-12(17-11(6)18-15)8-3-4-9(13)10(14)5-8/h3-5H,15H2,1-2H3,(H,16,17,18). The van der Waals surface area contributed by atoms with Crippen LogP contribution >= 0.6 is 23.2 Å². The predicted octanol–water partition coefficient (Wildman–Crippen LogP) is 3.35. The van der Waals surface area contributed by atoms with Crippen LogP contribution in [0.2, 0.25) is 10.0 Å². The SMILES string of the molecule is Cc1nc(-c2ccc(Cl)c(Cl)c2)nc(NN)c1C. The number of benzene rings is 1. The van der Waals surface area contributed by atoms with Crippen molar-refractivity contribution in [3.05, 3.63) is 39.5 Å². The molecule has 6 heteroatoms. The van der Waals surface area contributed by atoms with Crippen molar-refractivity contribution in [2.75, 3.05) is 5.43 Å². The van der Waals surface area contributed by atoms with Crippen LogP contribution in [-0.4, -0.2) is 9.97 Å². The van der Waals surface area contributed by atoms with Crippen LogP contribution in [0.3, 0.4) is 0 Å². The highest BCUT2D eigenvalue weighted by Crippen LogP contribution is 2.28. The van der Waals surface area contributed by atoms with Crippen LogP contribution in [0.4, 0.5) is 5.82 Å².